The van der Waals surface area contributed by atoms with Crippen molar-refractivity contribution in [1.82, 2.24) is 15.1 Å². The topological polar surface area (TPSA) is 63.3 Å². The zero-order valence-electron chi connectivity index (χ0n) is 17.0. The lowest BCUT2D eigenvalue weighted by atomic mass is 10.0. The smallest absolute Gasteiger partial charge is 0.406 e. The van der Waals surface area contributed by atoms with Gasteiger partial charge in [-0.05, 0) is 31.2 Å². The van der Waals surface area contributed by atoms with Gasteiger partial charge in [0.15, 0.2) is 0 Å². The van der Waals surface area contributed by atoms with Crippen LogP contribution in [0.15, 0.2) is 18.2 Å². The number of methoxy groups -OCH3 is 2. The van der Waals surface area contributed by atoms with Crippen molar-refractivity contribution in [2.75, 3.05) is 60.2 Å². The average molecular weight is 380 g/mol. The SMILES string of the molecule is CCN(CCNC(=O)OC)C(C)c1ccc(OC)c(CN2CCOCC2)c1. The first-order valence-electron chi connectivity index (χ1n) is 9.61. The number of nitrogens with zero attached hydrogens (tertiary/aromatic N) is 2. The van der Waals surface area contributed by atoms with Crippen LogP contribution in [0, 0.1) is 0 Å². The third kappa shape index (κ3) is 6.37. The van der Waals surface area contributed by atoms with Crippen molar-refractivity contribution >= 4 is 6.09 Å². The van der Waals surface area contributed by atoms with Crippen molar-refractivity contribution in [2.45, 2.75) is 26.4 Å². The van der Waals surface area contributed by atoms with Gasteiger partial charge < -0.3 is 19.5 Å². The number of alkyl carbamates (subject to hydrolysis) is 1. The standard InChI is InChI=1S/C20H33N3O4/c1-5-23(9-8-21-20(24)26-4)16(2)17-6-7-19(25-3)18(14-17)15-22-10-12-27-13-11-22/h6-7,14,16H,5,8-13,15H2,1-4H3,(H,21,24). The largest absolute Gasteiger partial charge is 0.496 e. The van der Waals surface area contributed by atoms with E-state index in [0.717, 1.165) is 51.7 Å². The van der Waals surface area contributed by atoms with E-state index in [4.69, 9.17) is 9.47 Å². The molecule has 7 nitrogen and oxygen atoms in total. The van der Waals surface area contributed by atoms with E-state index >= 15 is 0 Å². The normalized spacial score (nSPS) is 16.2. The Bertz CT molecular complexity index is 591. The molecular weight excluding hydrogens is 346 g/mol. The molecule has 1 unspecified atom stereocenters. The molecule has 1 aliphatic heterocycles. The molecule has 0 aliphatic carbocycles. The molecule has 0 saturated carbocycles. The molecule has 1 aromatic carbocycles. The summed E-state index contributed by atoms with van der Waals surface area (Å²) in [6.45, 7) is 10.9. The molecule has 27 heavy (non-hydrogen) atoms. The fourth-order valence-electron chi connectivity index (χ4n) is 3.39. The molecule has 1 aromatic rings. The number of amides is 1. The van der Waals surface area contributed by atoms with E-state index in [-0.39, 0.29) is 6.04 Å². The number of nitrogens with one attached hydrogen (secondary N) is 1. The van der Waals surface area contributed by atoms with E-state index in [9.17, 15) is 4.79 Å². The highest BCUT2D eigenvalue weighted by Crippen LogP contribution is 2.27. The summed E-state index contributed by atoms with van der Waals surface area (Å²) in [5, 5.41) is 2.75. The molecule has 2 rings (SSSR count). The van der Waals surface area contributed by atoms with Gasteiger partial charge in [0.2, 0.25) is 0 Å². The number of carbonyl (C=O) groups excluding carboxylic acids is 1. The Morgan fingerprint density at radius 3 is 2.70 bits per heavy atom. The van der Waals surface area contributed by atoms with Crippen LogP contribution >= 0.6 is 0 Å². The minimum Gasteiger partial charge on any atom is -0.496 e. The van der Waals surface area contributed by atoms with Gasteiger partial charge >= 0.3 is 6.09 Å². The van der Waals surface area contributed by atoms with Gasteiger partial charge in [0.05, 0.1) is 27.4 Å². The lowest BCUT2D eigenvalue weighted by molar-refractivity contribution is 0.0338. The van der Waals surface area contributed by atoms with Gasteiger partial charge in [-0.1, -0.05) is 13.0 Å². The molecule has 1 amide bonds. The van der Waals surface area contributed by atoms with Crippen molar-refractivity contribution in [2.24, 2.45) is 0 Å². The van der Waals surface area contributed by atoms with Crippen molar-refractivity contribution < 1.29 is 19.0 Å². The van der Waals surface area contributed by atoms with E-state index in [1.54, 1.807) is 7.11 Å². The Balaban J connectivity index is 2.05. The summed E-state index contributed by atoms with van der Waals surface area (Å²) in [5.74, 6) is 0.924. The first-order chi connectivity index (χ1) is 13.1. The summed E-state index contributed by atoms with van der Waals surface area (Å²) in [6.07, 6.45) is -0.393. The van der Waals surface area contributed by atoms with Crippen LogP contribution in [-0.2, 0) is 16.0 Å². The van der Waals surface area contributed by atoms with Crippen LogP contribution in [0.3, 0.4) is 0 Å². The van der Waals surface area contributed by atoms with Crippen molar-refractivity contribution in [1.29, 1.82) is 0 Å². The predicted molar refractivity (Wildman–Crippen MR) is 105 cm³/mol. The summed E-state index contributed by atoms with van der Waals surface area (Å²) in [4.78, 5) is 16.0. The minimum atomic E-state index is -0.393. The lowest BCUT2D eigenvalue weighted by Crippen LogP contribution is -2.36. The zero-order chi connectivity index (χ0) is 19.6. The summed E-state index contributed by atoms with van der Waals surface area (Å²) < 4.78 is 15.7. The second-order valence-electron chi connectivity index (χ2n) is 6.68. The van der Waals surface area contributed by atoms with Crippen LogP contribution in [0.25, 0.3) is 0 Å². The molecule has 1 fully saturated rings. The first kappa shape index (κ1) is 21.5. The fourth-order valence-corrected chi connectivity index (χ4v) is 3.39. The molecule has 1 N–H and O–H groups in total. The molecular formula is C20H33N3O4. The van der Waals surface area contributed by atoms with Gasteiger partial charge in [0, 0.05) is 44.3 Å². The van der Waals surface area contributed by atoms with Crippen LogP contribution in [0.1, 0.15) is 31.0 Å². The highest BCUT2D eigenvalue weighted by molar-refractivity contribution is 5.66. The number of hydrogen-bond acceptors (Lipinski definition) is 6. The Hall–Kier alpha value is -1.83. The number of likely N-dealkylation sites (N-methyl/N-ethyl adjacent to an activating group) is 1. The van der Waals surface area contributed by atoms with E-state index in [1.165, 1.54) is 18.2 Å². The summed E-state index contributed by atoms with van der Waals surface area (Å²) in [7, 11) is 3.10. The van der Waals surface area contributed by atoms with Crippen molar-refractivity contribution in [3.05, 3.63) is 29.3 Å². The molecule has 1 heterocycles. The van der Waals surface area contributed by atoms with Gasteiger partial charge in [-0.25, -0.2) is 4.79 Å². The summed E-state index contributed by atoms with van der Waals surface area (Å²) >= 11 is 0. The maximum Gasteiger partial charge on any atom is 0.406 e. The minimum absolute atomic E-state index is 0.240. The second kappa shape index (κ2) is 11.1. The van der Waals surface area contributed by atoms with Gasteiger partial charge in [-0.2, -0.15) is 0 Å². The number of hydrogen-bond donors (Lipinski definition) is 1. The Morgan fingerprint density at radius 2 is 2.07 bits per heavy atom. The van der Waals surface area contributed by atoms with Gasteiger partial charge in [-0.3, -0.25) is 9.80 Å². The third-order valence-corrected chi connectivity index (χ3v) is 5.09. The van der Waals surface area contributed by atoms with Crippen LogP contribution in [0.2, 0.25) is 0 Å². The van der Waals surface area contributed by atoms with Gasteiger partial charge in [0.25, 0.3) is 0 Å². The molecule has 1 atom stereocenters. The van der Waals surface area contributed by atoms with Crippen molar-refractivity contribution in [3.8, 4) is 5.75 Å². The van der Waals surface area contributed by atoms with E-state index < -0.39 is 6.09 Å². The lowest BCUT2D eigenvalue weighted by Gasteiger charge is -2.30. The molecule has 0 spiro atoms. The molecule has 1 saturated heterocycles. The molecule has 0 bridgehead atoms. The molecule has 0 aromatic heterocycles. The van der Waals surface area contributed by atoms with Crippen LogP contribution in [0.5, 0.6) is 5.75 Å². The number of benzene rings is 1. The second-order valence-corrected chi connectivity index (χ2v) is 6.68. The molecule has 1 aliphatic rings. The molecule has 7 heteroatoms. The summed E-state index contributed by atoms with van der Waals surface area (Å²) in [6, 6.07) is 6.67. The Morgan fingerprint density at radius 1 is 1.33 bits per heavy atom. The highest BCUT2D eigenvalue weighted by atomic mass is 16.5. The molecule has 0 radical (unpaired) electrons. The fraction of sp³-hybridized carbons (Fsp3) is 0.650. The van der Waals surface area contributed by atoms with E-state index in [2.05, 4.69) is 51.9 Å². The number of morpholine rings is 1. The first-order valence-corrected chi connectivity index (χ1v) is 9.61. The van der Waals surface area contributed by atoms with Crippen LogP contribution in [0.4, 0.5) is 4.79 Å². The number of ether oxygens (including phenoxy) is 3. The van der Waals surface area contributed by atoms with E-state index in [1.807, 2.05) is 0 Å². The predicted octanol–water partition coefficient (Wildman–Crippen LogP) is 2.27. The third-order valence-electron chi connectivity index (χ3n) is 5.09. The maximum absolute atomic E-state index is 11.2. The highest BCUT2D eigenvalue weighted by Gasteiger charge is 2.18. The maximum atomic E-state index is 11.2. The number of rotatable bonds is 9. The average Bonchev–Trinajstić information content (AvgIpc) is 2.71. The van der Waals surface area contributed by atoms with Gasteiger partial charge in [-0.15, -0.1) is 0 Å². The molecule has 152 valence electrons. The van der Waals surface area contributed by atoms with Crippen LogP contribution in [-0.4, -0.2) is 76.1 Å². The summed E-state index contributed by atoms with van der Waals surface area (Å²) in [5.41, 5.74) is 2.45. The van der Waals surface area contributed by atoms with E-state index in [0.29, 0.717) is 6.54 Å². The number of carbonyl (C=O) groups is 1. The van der Waals surface area contributed by atoms with Crippen LogP contribution < -0.4 is 10.1 Å². The Kier molecular flexibility index (Phi) is 8.84. The quantitative estimate of drug-likeness (QED) is 0.710. The van der Waals surface area contributed by atoms with Gasteiger partial charge in [0.1, 0.15) is 5.75 Å². The zero-order valence-corrected chi connectivity index (χ0v) is 17.0. The Labute approximate surface area is 162 Å². The monoisotopic (exact) mass is 379 g/mol. The van der Waals surface area contributed by atoms with Crippen molar-refractivity contribution in [3.63, 3.8) is 0 Å².